The number of hydrogen-bond acceptors (Lipinski definition) is 0. The summed E-state index contributed by atoms with van der Waals surface area (Å²) in [5, 5.41) is 0. The van der Waals surface area contributed by atoms with Crippen LogP contribution in [-0.4, -0.2) is 0 Å². The molecule has 4 heteroatoms. The highest BCUT2D eigenvalue weighted by Gasteiger charge is 2.12. The summed E-state index contributed by atoms with van der Waals surface area (Å²) in [4.78, 5) is 0. The Balaban J connectivity index is 2.96. The highest BCUT2D eigenvalue weighted by Crippen LogP contribution is 2.23. The molecule has 0 aliphatic rings. The van der Waals surface area contributed by atoms with Gasteiger partial charge in [0.1, 0.15) is 0 Å². The van der Waals surface area contributed by atoms with Gasteiger partial charge in [0.25, 0.3) is 12.9 Å². The third-order valence-corrected chi connectivity index (χ3v) is 1.31. The van der Waals surface area contributed by atoms with Crippen LogP contribution in [0.3, 0.4) is 0 Å². The molecule has 0 spiro atoms. The van der Waals surface area contributed by atoms with Gasteiger partial charge in [0, 0.05) is 17.2 Å². The third kappa shape index (κ3) is 1.96. The smallest absolute Gasteiger partial charge is 0.205 e. The van der Waals surface area contributed by atoms with E-state index in [1.54, 1.807) is 0 Å². The van der Waals surface area contributed by atoms with Gasteiger partial charge in [-0.15, -0.1) is 0 Å². The van der Waals surface area contributed by atoms with Crippen LogP contribution >= 0.6 is 0 Å². The van der Waals surface area contributed by atoms with Crippen molar-refractivity contribution in [2.45, 2.75) is 12.9 Å². The molecule has 0 aromatic heterocycles. The lowest BCUT2D eigenvalue weighted by Crippen LogP contribution is -1.89. The quantitative estimate of drug-likeness (QED) is 0.607. The molecule has 0 unspecified atom stereocenters. The van der Waals surface area contributed by atoms with Crippen molar-refractivity contribution in [1.29, 1.82) is 0 Å². The van der Waals surface area contributed by atoms with E-state index in [1.165, 1.54) is 6.07 Å². The molecule has 1 aromatic rings. The number of benzene rings is 1. The molecule has 0 heterocycles. The predicted octanol–water partition coefficient (Wildman–Crippen LogP) is 3.36. The Labute approximate surface area is 66.8 Å². The van der Waals surface area contributed by atoms with E-state index in [-0.39, 0.29) is 0 Å². The summed E-state index contributed by atoms with van der Waals surface area (Å²) in [6.07, 6.45) is -5.49. The summed E-state index contributed by atoms with van der Waals surface area (Å²) in [5.41, 5.74) is -0.986. The van der Waals surface area contributed by atoms with Gasteiger partial charge in [0.15, 0.2) is 0 Å². The average Bonchev–Trinajstić information content (AvgIpc) is 2.04. The van der Waals surface area contributed by atoms with E-state index in [9.17, 15) is 17.6 Å². The minimum Gasteiger partial charge on any atom is -0.205 e. The molecule has 0 bridgehead atoms. The molecule has 1 rings (SSSR count). The minimum atomic E-state index is -2.75. The van der Waals surface area contributed by atoms with E-state index in [1.807, 2.05) is 6.07 Å². The fourth-order valence-electron chi connectivity index (χ4n) is 0.760. The summed E-state index contributed by atoms with van der Waals surface area (Å²) in [6, 6.07) is 5.24. The summed E-state index contributed by atoms with van der Waals surface area (Å²) in [5.74, 6) is 0. The van der Waals surface area contributed by atoms with Crippen LogP contribution in [0.4, 0.5) is 17.6 Å². The van der Waals surface area contributed by atoms with E-state index in [4.69, 9.17) is 0 Å². The van der Waals surface area contributed by atoms with Crippen LogP contribution in [0.2, 0.25) is 0 Å². The monoisotopic (exact) mass is 177 g/mol. The first-order valence-electron chi connectivity index (χ1n) is 3.19. The average molecular weight is 177 g/mol. The molecule has 0 atom stereocenters. The fraction of sp³-hybridized carbons (Fsp3) is 0.250. The van der Waals surface area contributed by atoms with Crippen molar-refractivity contribution in [3.63, 3.8) is 0 Å². The molecular weight excluding hydrogens is 172 g/mol. The van der Waals surface area contributed by atoms with E-state index in [0.717, 1.165) is 12.1 Å². The number of hydrogen-bond donors (Lipinski definition) is 0. The normalized spacial score (nSPS) is 11.2. The Hall–Kier alpha value is -1.06. The molecule has 0 fully saturated rings. The number of rotatable bonds is 2. The Morgan fingerprint density at radius 1 is 0.917 bits per heavy atom. The fourth-order valence-corrected chi connectivity index (χ4v) is 0.760. The van der Waals surface area contributed by atoms with Gasteiger partial charge >= 0.3 is 0 Å². The second kappa shape index (κ2) is 3.56. The van der Waals surface area contributed by atoms with Crippen LogP contribution in [0.5, 0.6) is 0 Å². The van der Waals surface area contributed by atoms with E-state index in [0.29, 0.717) is 0 Å². The van der Waals surface area contributed by atoms with Gasteiger partial charge in [-0.2, -0.15) is 0 Å². The van der Waals surface area contributed by atoms with Crippen LogP contribution in [0.25, 0.3) is 0 Å². The molecule has 0 saturated heterocycles. The second-order valence-electron chi connectivity index (χ2n) is 2.16. The number of halogens is 4. The van der Waals surface area contributed by atoms with E-state index >= 15 is 0 Å². The third-order valence-electron chi connectivity index (χ3n) is 1.31. The van der Waals surface area contributed by atoms with Gasteiger partial charge in [-0.3, -0.25) is 0 Å². The van der Waals surface area contributed by atoms with Gasteiger partial charge in [0.2, 0.25) is 0 Å². The Morgan fingerprint density at radius 2 is 1.33 bits per heavy atom. The molecule has 0 saturated carbocycles. The summed E-state index contributed by atoms with van der Waals surface area (Å²) in [6.45, 7) is 0. The molecule has 0 N–H and O–H groups in total. The molecule has 12 heavy (non-hydrogen) atoms. The van der Waals surface area contributed by atoms with Crippen LogP contribution < -0.4 is 0 Å². The summed E-state index contributed by atoms with van der Waals surface area (Å²) >= 11 is 0. The van der Waals surface area contributed by atoms with Crippen molar-refractivity contribution in [2.24, 2.45) is 0 Å². The van der Waals surface area contributed by atoms with Gasteiger partial charge < -0.3 is 0 Å². The zero-order valence-electron chi connectivity index (χ0n) is 5.90. The Morgan fingerprint density at radius 3 is 1.67 bits per heavy atom. The highest BCUT2D eigenvalue weighted by atomic mass is 19.3. The molecule has 65 valence electrons. The van der Waals surface area contributed by atoms with E-state index < -0.39 is 24.0 Å². The SMILES string of the molecule is FC(F)c1[c]c(C(F)F)ccc1. The molecule has 0 nitrogen and oxygen atoms in total. The zero-order chi connectivity index (χ0) is 9.14. The molecular formula is C8H5F4. The molecule has 0 amide bonds. The van der Waals surface area contributed by atoms with Crippen molar-refractivity contribution in [3.05, 3.63) is 35.4 Å². The van der Waals surface area contributed by atoms with Crippen LogP contribution in [-0.2, 0) is 0 Å². The van der Waals surface area contributed by atoms with Crippen LogP contribution in [0, 0.1) is 6.07 Å². The van der Waals surface area contributed by atoms with Gasteiger partial charge in [-0.25, -0.2) is 17.6 Å². The lowest BCUT2D eigenvalue weighted by atomic mass is 10.1. The van der Waals surface area contributed by atoms with Crippen LogP contribution in [0.1, 0.15) is 24.0 Å². The van der Waals surface area contributed by atoms with Crippen molar-refractivity contribution in [3.8, 4) is 0 Å². The van der Waals surface area contributed by atoms with Crippen LogP contribution in [0.15, 0.2) is 18.2 Å². The second-order valence-corrected chi connectivity index (χ2v) is 2.16. The predicted molar refractivity (Wildman–Crippen MR) is 35.2 cm³/mol. The van der Waals surface area contributed by atoms with Crippen molar-refractivity contribution < 1.29 is 17.6 Å². The maximum absolute atomic E-state index is 11.9. The largest absolute Gasteiger partial charge is 0.264 e. The first-order valence-corrected chi connectivity index (χ1v) is 3.19. The van der Waals surface area contributed by atoms with Crippen molar-refractivity contribution in [2.75, 3.05) is 0 Å². The summed E-state index contributed by atoms with van der Waals surface area (Å²) in [7, 11) is 0. The van der Waals surface area contributed by atoms with Gasteiger partial charge in [-0.1, -0.05) is 18.2 Å². The lowest BCUT2D eigenvalue weighted by molar-refractivity contribution is 0.143. The maximum atomic E-state index is 11.9. The standard InChI is InChI=1S/C8H5F4/c9-7(10)5-2-1-3-6(4-5)8(11)12/h1-3,7-8H. The van der Waals surface area contributed by atoms with Crippen molar-refractivity contribution >= 4 is 0 Å². The first-order chi connectivity index (χ1) is 5.61. The number of alkyl halides is 4. The molecule has 0 aliphatic heterocycles. The summed E-state index contributed by atoms with van der Waals surface area (Å²) < 4.78 is 47.7. The zero-order valence-corrected chi connectivity index (χ0v) is 5.90. The minimum absolute atomic E-state index is 0.493. The van der Waals surface area contributed by atoms with E-state index in [2.05, 4.69) is 0 Å². The first kappa shape index (κ1) is 9.03. The molecule has 1 radical (unpaired) electrons. The van der Waals surface area contributed by atoms with Gasteiger partial charge in [-0.05, 0) is 0 Å². The Kier molecular flexibility index (Phi) is 2.68. The maximum Gasteiger partial charge on any atom is 0.264 e. The van der Waals surface area contributed by atoms with Crippen molar-refractivity contribution in [1.82, 2.24) is 0 Å². The molecule has 1 aromatic carbocycles. The lowest BCUT2D eigenvalue weighted by Gasteiger charge is -2.01. The highest BCUT2D eigenvalue weighted by molar-refractivity contribution is 5.23. The van der Waals surface area contributed by atoms with Gasteiger partial charge in [0.05, 0.1) is 0 Å². The Bertz CT molecular complexity index is 234. The molecule has 0 aliphatic carbocycles. The topological polar surface area (TPSA) is 0 Å².